The Labute approximate surface area is 93.4 Å². The van der Waals surface area contributed by atoms with Crippen LogP contribution < -0.4 is 0 Å². The van der Waals surface area contributed by atoms with Crippen LogP contribution in [0.2, 0.25) is 0 Å². The molecule has 0 fully saturated rings. The molecule has 0 spiro atoms. The third-order valence-corrected chi connectivity index (χ3v) is 0.980. The molecule has 58 valence electrons. The van der Waals surface area contributed by atoms with Crippen molar-refractivity contribution in [2.24, 2.45) is 5.92 Å². The van der Waals surface area contributed by atoms with Gasteiger partial charge in [0.25, 0.3) is 0 Å². The summed E-state index contributed by atoms with van der Waals surface area (Å²) in [6.07, 6.45) is -0.861. The van der Waals surface area contributed by atoms with Gasteiger partial charge in [-0.25, -0.2) is 4.79 Å². The summed E-state index contributed by atoms with van der Waals surface area (Å²) in [7, 11) is 0. The average Bonchev–Trinajstić information content (AvgIpc) is 1.63. The molecule has 0 aromatic carbocycles. The maximum absolute atomic E-state index is 9.98. The molecule has 0 aliphatic rings. The van der Waals surface area contributed by atoms with Crippen molar-refractivity contribution < 1.29 is 17.9 Å². The number of aliphatic hydroxyl groups is 1. The summed E-state index contributed by atoms with van der Waals surface area (Å²) in [5.41, 5.74) is 0. The number of carboxylic acids is 1. The van der Waals surface area contributed by atoms with Gasteiger partial charge in [0.2, 0.25) is 0 Å². The molecular weight excluding hydrogens is 160 g/mol. The number of aliphatic hydroxyl groups excluding tert-OH is 1. The van der Waals surface area contributed by atoms with Gasteiger partial charge in [-0.05, 0) is 12.3 Å². The SMILES string of the molecule is CC(C)CC(O)C(=O)O.[Ca+2].[H-].[H-]. The molecule has 0 aromatic heterocycles. The first-order valence-electron chi connectivity index (χ1n) is 2.95. The van der Waals surface area contributed by atoms with Gasteiger partial charge in [-0.3, -0.25) is 0 Å². The third-order valence-electron chi connectivity index (χ3n) is 0.980. The molecule has 1 unspecified atom stereocenters. The van der Waals surface area contributed by atoms with E-state index in [4.69, 9.17) is 10.2 Å². The van der Waals surface area contributed by atoms with Gasteiger partial charge >= 0.3 is 43.7 Å². The van der Waals surface area contributed by atoms with Gasteiger partial charge < -0.3 is 13.1 Å². The predicted molar refractivity (Wildman–Crippen MR) is 41.1 cm³/mol. The molecule has 4 heteroatoms. The minimum Gasteiger partial charge on any atom is -1.00 e. The molecule has 0 heterocycles. The molecular formula is C6H14CaO3. The van der Waals surface area contributed by atoms with E-state index < -0.39 is 12.1 Å². The van der Waals surface area contributed by atoms with Gasteiger partial charge in [-0.2, -0.15) is 0 Å². The van der Waals surface area contributed by atoms with Crippen molar-refractivity contribution >= 4 is 43.7 Å². The van der Waals surface area contributed by atoms with Crippen molar-refractivity contribution in [1.29, 1.82) is 0 Å². The van der Waals surface area contributed by atoms with Crippen LogP contribution in [0.25, 0.3) is 0 Å². The Hall–Kier alpha value is 0.690. The maximum Gasteiger partial charge on any atom is 2.00 e. The fourth-order valence-electron chi connectivity index (χ4n) is 0.547. The van der Waals surface area contributed by atoms with Crippen molar-refractivity contribution in [3.8, 4) is 0 Å². The van der Waals surface area contributed by atoms with Gasteiger partial charge in [0.15, 0.2) is 6.10 Å². The second-order valence-corrected chi connectivity index (χ2v) is 2.48. The van der Waals surface area contributed by atoms with E-state index in [1.807, 2.05) is 13.8 Å². The molecule has 0 saturated carbocycles. The minimum absolute atomic E-state index is 0. The van der Waals surface area contributed by atoms with Crippen LogP contribution in [0.5, 0.6) is 0 Å². The van der Waals surface area contributed by atoms with E-state index in [2.05, 4.69) is 0 Å². The Kier molecular flexibility index (Phi) is 8.51. The van der Waals surface area contributed by atoms with Crippen molar-refractivity contribution in [2.45, 2.75) is 26.4 Å². The quantitative estimate of drug-likeness (QED) is 0.606. The second-order valence-electron chi connectivity index (χ2n) is 2.48. The number of aliphatic carboxylic acids is 1. The van der Waals surface area contributed by atoms with Crippen molar-refractivity contribution in [3.05, 3.63) is 0 Å². The first kappa shape index (κ1) is 13.3. The summed E-state index contributed by atoms with van der Waals surface area (Å²) in [4.78, 5) is 9.98. The Bertz CT molecular complexity index is 111. The van der Waals surface area contributed by atoms with Crippen LogP contribution in [0.1, 0.15) is 23.1 Å². The Balaban J connectivity index is -0.000000107. The first-order chi connectivity index (χ1) is 4.04. The van der Waals surface area contributed by atoms with Crippen molar-refractivity contribution in [1.82, 2.24) is 0 Å². The summed E-state index contributed by atoms with van der Waals surface area (Å²) >= 11 is 0. The van der Waals surface area contributed by atoms with Gasteiger partial charge in [-0.1, -0.05) is 13.8 Å². The zero-order valence-corrected chi connectivity index (χ0v) is 8.58. The van der Waals surface area contributed by atoms with Crippen LogP contribution >= 0.6 is 0 Å². The molecule has 0 rings (SSSR count). The van der Waals surface area contributed by atoms with Gasteiger partial charge in [0, 0.05) is 0 Å². The summed E-state index contributed by atoms with van der Waals surface area (Å²) < 4.78 is 0. The topological polar surface area (TPSA) is 57.5 Å². The number of hydrogen-bond acceptors (Lipinski definition) is 2. The molecule has 0 aromatic rings. The number of rotatable bonds is 3. The number of carboxylic acid groups (broad SMARTS) is 1. The number of carbonyl (C=O) groups is 1. The Morgan fingerprint density at radius 2 is 2.00 bits per heavy atom. The van der Waals surface area contributed by atoms with E-state index in [1.54, 1.807) is 0 Å². The standard InChI is InChI=1S/C6H12O3.Ca.2H/c1-4(2)3-5(7)6(8)9;;;/h4-5,7H,3H2,1-2H3,(H,8,9);;;/q;+2;2*-1. The third kappa shape index (κ3) is 6.80. The molecule has 0 bridgehead atoms. The largest absolute Gasteiger partial charge is 2.00 e. The zero-order chi connectivity index (χ0) is 7.44. The van der Waals surface area contributed by atoms with Gasteiger partial charge in [-0.15, -0.1) is 0 Å². The van der Waals surface area contributed by atoms with Crippen LogP contribution in [0.3, 0.4) is 0 Å². The van der Waals surface area contributed by atoms with Gasteiger partial charge in [0.1, 0.15) is 0 Å². The predicted octanol–water partition coefficient (Wildman–Crippen LogP) is 0.322. The molecule has 2 N–H and O–H groups in total. The van der Waals surface area contributed by atoms with Crippen molar-refractivity contribution in [2.75, 3.05) is 0 Å². The van der Waals surface area contributed by atoms with E-state index in [1.165, 1.54) is 0 Å². The molecule has 0 aliphatic heterocycles. The summed E-state index contributed by atoms with van der Waals surface area (Å²) in [6, 6.07) is 0. The number of hydrogen-bond donors (Lipinski definition) is 2. The summed E-state index contributed by atoms with van der Waals surface area (Å²) in [5, 5.41) is 16.9. The normalized spacial score (nSPS) is 12.4. The smallest absolute Gasteiger partial charge is 1.00 e. The molecule has 10 heavy (non-hydrogen) atoms. The zero-order valence-electron chi connectivity index (χ0n) is 8.37. The Morgan fingerprint density at radius 1 is 1.60 bits per heavy atom. The summed E-state index contributed by atoms with van der Waals surface area (Å²) in [5.74, 6) is -0.903. The van der Waals surface area contributed by atoms with Gasteiger partial charge in [0.05, 0.1) is 0 Å². The molecule has 0 amide bonds. The Morgan fingerprint density at radius 3 is 2.10 bits per heavy atom. The van der Waals surface area contributed by atoms with Crippen LogP contribution in [0.15, 0.2) is 0 Å². The second kappa shape index (κ2) is 6.40. The van der Waals surface area contributed by atoms with E-state index >= 15 is 0 Å². The fourth-order valence-corrected chi connectivity index (χ4v) is 0.547. The van der Waals surface area contributed by atoms with E-state index in [0.717, 1.165) is 0 Å². The van der Waals surface area contributed by atoms with Crippen LogP contribution in [0.4, 0.5) is 0 Å². The minimum atomic E-state index is -1.19. The average molecular weight is 174 g/mol. The maximum atomic E-state index is 9.98. The molecule has 3 nitrogen and oxygen atoms in total. The first-order valence-corrected chi connectivity index (χ1v) is 2.95. The van der Waals surface area contributed by atoms with Crippen LogP contribution in [0, 0.1) is 5.92 Å². The summed E-state index contributed by atoms with van der Waals surface area (Å²) in [6.45, 7) is 3.73. The van der Waals surface area contributed by atoms with E-state index in [-0.39, 0.29) is 46.5 Å². The monoisotopic (exact) mass is 174 g/mol. The van der Waals surface area contributed by atoms with E-state index in [9.17, 15) is 4.79 Å². The van der Waals surface area contributed by atoms with E-state index in [0.29, 0.717) is 6.42 Å². The fraction of sp³-hybridized carbons (Fsp3) is 0.833. The van der Waals surface area contributed by atoms with Crippen molar-refractivity contribution in [3.63, 3.8) is 0 Å². The molecule has 0 saturated heterocycles. The van der Waals surface area contributed by atoms with Crippen LogP contribution in [-0.2, 0) is 4.79 Å². The molecule has 1 atom stereocenters. The molecule has 0 radical (unpaired) electrons. The molecule has 0 aliphatic carbocycles. The van der Waals surface area contributed by atoms with Crippen LogP contribution in [-0.4, -0.2) is 60.0 Å².